The van der Waals surface area contributed by atoms with E-state index in [1.165, 1.54) is 6.33 Å². The zero-order valence-electron chi connectivity index (χ0n) is 14.3. The van der Waals surface area contributed by atoms with Gasteiger partial charge in [-0.25, -0.2) is 18.4 Å². The summed E-state index contributed by atoms with van der Waals surface area (Å²) in [5.74, 6) is 0.619. The highest BCUT2D eigenvalue weighted by molar-refractivity contribution is 7.92. The fourth-order valence-electron chi connectivity index (χ4n) is 2.62. The van der Waals surface area contributed by atoms with E-state index in [4.69, 9.17) is 0 Å². The van der Waals surface area contributed by atoms with Gasteiger partial charge in [-0.05, 0) is 42.8 Å². The largest absolute Gasteiger partial charge is 0.506 e. The Hall–Kier alpha value is -3.13. The molecule has 26 heavy (non-hydrogen) atoms. The van der Waals surface area contributed by atoms with E-state index >= 15 is 0 Å². The lowest BCUT2D eigenvalue weighted by atomic mass is 10.1. The molecule has 1 heterocycles. The fraction of sp³-hybridized carbons (Fsp3) is 0.111. The number of aromatic hydroxyl groups is 1. The monoisotopic (exact) mass is 370 g/mol. The third-order valence-electron chi connectivity index (χ3n) is 3.76. The maximum Gasteiger partial charge on any atom is 0.229 e. The fourth-order valence-corrected chi connectivity index (χ4v) is 3.24. The molecule has 0 bridgehead atoms. The van der Waals surface area contributed by atoms with E-state index in [0.29, 0.717) is 28.4 Å². The molecule has 0 fully saturated rings. The number of benzene rings is 2. The first kappa shape index (κ1) is 17.7. The number of nitrogens with zero attached hydrogens (tertiary/aromatic N) is 3. The molecular formula is C18H18N4O3S. The number of hydrogen-bond donors (Lipinski definition) is 2. The van der Waals surface area contributed by atoms with Crippen LogP contribution in [0.5, 0.6) is 5.75 Å². The van der Waals surface area contributed by atoms with Crippen molar-refractivity contribution in [3.63, 3.8) is 0 Å². The van der Waals surface area contributed by atoms with Crippen molar-refractivity contribution in [2.45, 2.75) is 6.92 Å². The van der Waals surface area contributed by atoms with Gasteiger partial charge in [0.1, 0.15) is 17.9 Å². The van der Waals surface area contributed by atoms with Gasteiger partial charge in [0.15, 0.2) is 0 Å². The number of rotatable bonds is 5. The molecule has 0 atom stereocenters. The van der Waals surface area contributed by atoms with E-state index in [1.54, 1.807) is 60.5 Å². The Kier molecular flexibility index (Phi) is 4.77. The van der Waals surface area contributed by atoms with E-state index in [0.717, 1.165) is 6.26 Å². The van der Waals surface area contributed by atoms with Crippen LogP contribution in [-0.4, -0.2) is 29.7 Å². The molecule has 3 aromatic rings. The summed E-state index contributed by atoms with van der Waals surface area (Å²) in [6.45, 7) is 1.80. The molecule has 7 nitrogen and oxygen atoms in total. The Labute approximate surface area is 152 Å². The van der Waals surface area contributed by atoms with E-state index < -0.39 is 10.0 Å². The van der Waals surface area contributed by atoms with E-state index in [9.17, 15) is 13.5 Å². The van der Waals surface area contributed by atoms with Crippen molar-refractivity contribution in [3.8, 4) is 5.75 Å². The average Bonchev–Trinajstić information content (AvgIpc) is 2.60. The summed E-state index contributed by atoms with van der Waals surface area (Å²) in [6.07, 6.45) is 4.11. The Bertz CT molecular complexity index is 1020. The number of hydrogen-bond acceptors (Lipinski definition) is 6. The Balaban J connectivity index is 2.21. The van der Waals surface area contributed by atoms with Crippen LogP contribution in [0.3, 0.4) is 0 Å². The van der Waals surface area contributed by atoms with Gasteiger partial charge in [0.05, 0.1) is 23.3 Å². The van der Waals surface area contributed by atoms with Crippen molar-refractivity contribution < 1.29 is 13.5 Å². The molecule has 8 heteroatoms. The quantitative estimate of drug-likeness (QED) is 0.715. The predicted octanol–water partition coefficient (Wildman–Crippen LogP) is 3.33. The van der Waals surface area contributed by atoms with Crippen molar-refractivity contribution in [2.24, 2.45) is 0 Å². The van der Waals surface area contributed by atoms with Crippen molar-refractivity contribution in [1.29, 1.82) is 0 Å². The van der Waals surface area contributed by atoms with Gasteiger partial charge in [-0.3, -0.25) is 9.62 Å². The molecule has 0 unspecified atom stereocenters. The molecule has 0 aliphatic heterocycles. The zero-order chi connectivity index (χ0) is 18.7. The first-order valence-electron chi connectivity index (χ1n) is 7.78. The summed E-state index contributed by atoms with van der Waals surface area (Å²) >= 11 is 0. The molecule has 0 saturated heterocycles. The zero-order valence-corrected chi connectivity index (χ0v) is 15.1. The van der Waals surface area contributed by atoms with Crippen LogP contribution in [0.4, 0.5) is 22.9 Å². The molecule has 0 saturated carbocycles. The molecule has 1 aromatic heterocycles. The molecule has 0 aliphatic rings. The first-order chi connectivity index (χ1) is 12.4. The molecule has 0 amide bonds. The third kappa shape index (κ3) is 3.75. The topological polar surface area (TPSA) is 95.4 Å². The lowest BCUT2D eigenvalue weighted by molar-refractivity contribution is 0.476. The van der Waals surface area contributed by atoms with Crippen molar-refractivity contribution in [1.82, 2.24) is 9.97 Å². The van der Waals surface area contributed by atoms with E-state index in [1.807, 2.05) is 6.07 Å². The highest BCUT2D eigenvalue weighted by Crippen LogP contribution is 2.41. The normalized spacial score (nSPS) is 11.2. The second kappa shape index (κ2) is 7.01. The van der Waals surface area contributed by atoms with Gasteiger partial charge in [0.2, 0.25) is 10.0 Å². The summed E-state index contributed by atoms with van der Waals surface area (Å²) in [6, 6.07) is 13.8. The molecule has 0 aliphatic carbocycles. The SMILES string of the molecule is Cc1c(NS(C)(=O)=O)cccc1N(c1ccncn1)c1ccccc1O. The Morgan fingerprint density at radius 1 is 1.04 bits per heavy atom. The van der Waals surface area contributed by atoms with Crippen LogP contribution in [0.1, 0.15) is 5.56 Å². The van der Waals surface area contributed by atoms with Gasteiger partial charge in [-0.2, -0.15) is 0 Å². The van der Waals surface area contributed by atoms with Crippen LogP contribution in [0.15, 0.2) is 61.1 Å². The summed E-state index contributed by atoms with van der Waals surface area (Å²) in [4.78, 5) is 9.97. The number of phenolic OH excluding ortho intramolecular Hbond substituents is 1. The summed E-state index contributed by atoms with van der Waals surface area (Å²) in [5.41, 5.74) is 2.35. The standard InChI is InChI=1S/C18H18N4O3S/c1-13-14(21-26(2,24)25)6-5-8-15(13)22(18-10-11-19-12-20-18)16-7-3-4-9-17(16)23/h3-12,21,23H,1-2H3. The lowest BCUT2D eigenvalue weighted by Gasteiger charge is -2.27. The highest BCUT2D eigenvalue weighted by atomic mass is 32.2. The molecular weight excluding hydrogens is 352 g/mol. The Morgan fingerprint density at radius 3 is 2.42 bits per heavy atom. The average molecular weight is 370 g/mol. The lowest BCUT2D eigenvalue weighted by Crippen LogP contribution is -2.15. The van der Waals surface area contributed by atoms with Gasteiger partial charge >= 0.3 is 0 Å². The Morgan fingerprint density at radius 2 is 1.77 bits per heavy atom. The number of para-hydroxylation sites is 2. The number of aromatic nitrogens is 2. The van der Waals surface area contributed by atoms with Crippen molar-refractivity contribution in [3.05, 3.63) is 66.6 Å². The molecule has 3 rings (SSSR count). The van der Waals surface area contributed by atoms with Crippen molar-refractivity contribution in [2.75, 3.05) is 15.9 Å². The second-order valence-corrected chi connectivity index (χ2v) is 7.46. The van der Waals surface area contributed by atoms with Crippen LogP contribution in [0, 0.1) is 6.92 Å². The van der Waals surface area contributed by atoms with E-state index in [2.05, 4.69) is 14.7 Å². The van der Waals surface area contributed by atoms with Gasteiger partial charge < -0.3 is 5.11 Å². The summed E-state index contributed by atoms with van der Waals surface area (Å²) in [7, 11) is -3.42. The maximum absolute atomic E-state index is 11.6. The predicted molar refractivity (Wildman–Crippen MR) is 102 cm³/mol. The van der Waals surface area contributed by atoms with Crippen LogP contribution < -0.4 is 9.62 Å². The van der Waals surface area contributed by atoms with Gasteiger partial charge in [-0.15, -0.1) is 0 Å². The highest BCUT2D eigenvalue weighted by Gasteiger charge is 2.20. The minimum Gasteiger partial charge on any atom is -0.506 e. The van der Waals surface area contributed by atoms with Crippen LogP contribution in [0.25, 0.3) is 0 Å². The number of phenols is 1. The van der Waals surface area contributed by atoms with Crippen molar-refractivity contribution >= 4 is 32.9 Å². The van der Waals surface area contributed by atoms with Crippen LogP contribution >= 0.6 is 0 Å². The summed E-state index contributed by atoms with van der Waals surface area (Å²) < 4.78 is 25.8. The van der Waals surface area contributed by atoms with Crippen LogP contribution in [0.2, 0.25) is 0 Å². The molecule has 0 spiro atoms. The molecule has 134 valence electrons. The molecule has 2 N–H and O–H groups in total. The minimum atomic E-state index is -3.42. The summed E-state index contributed by atoms with van der Waals surface area (Å²) in [5, 5.41) is 10.4. The maximum atomic E-state index is 11.6. The molecule has 0 radical (unpaired) electrons. The third-order valence-corrected chi connectivity index (χ3v) is 4.35. The smallest absolute Gasteiger partial charge is 0.229 e. The van der Waals surface area contributed by atoms with Gasteiger partial charge in [-0.1, -0.05) is 18.2 Å². The number of anilines is 4. The number of sulfonamides is 1. The van der Waals surface area contributed by atoms with E-state index in [-0.39, 0.29) is 5.75 Å². The second-order valence-electron chi connectivity index (χ2n) is 5.72. The molecule has 2 aromatic carbocycles. The number of nitrogens with one attached hydrogen (secondary N) is 1. The van der Waals surface area contributed by atoms with Crippen LogP contribution in [-0.2, 0) is 10.0 Å². The first-order valence-corrected chi connectivity index (χ1v) is 9.67. The van der Waals surface area contributed by atoms with Gasteiger partial charge in [0.25, 0.3) is 0 Å². The minimum absolute atomic E-state index is 0.0759. The van der Waals surface area contributed by atoms with Gasteiger partial charge in [0, 0.05) is 6.20 Å².